The van der Waals surface area contributed by atoms with Crippen molar-refractivity contribution in [3.63, 3.8) is 0 Å². The first-order valence-corrected chi connectivity index (χ1v) is 8.55. The van der Waals surface area contributed by atoms with Crippen molar-refractivity contribution in [1.82, 2.24) is 5.32 Å². The molecule has 132 valence electrons. The molecule has 3 rings (SSSR count). The maximum atomic E-state index is 13.0. The van der Waals surface area contributed by atoms with Crippen molar-refractivity contribution in [2.75, 3.05) is 0 Å². The van der Waals surface area contributed by atoms with Crippen LogP contribution in [0.5, 0.6) is 5.75 Å². The molecule has 0 unspecified atom stereocenters. The van der Waals surface area contributed by atoms with E-state index < -0.39 is 4.92 Å². The molecule has 1 aliphatic heterocycles. The van der Waals surface area contributed by atoms with E-state index in [1.54, 1.807) is 12.1 Å². The van der Waals surface area contributed by atoms with Crippen molar-refractivity contribution in [3.8, 4) is 5.75 Å². The number of hydrogen-bond donors (Lipinski definition) is 1. The van der Waals surface area contributed by atoms with E-state index in [0.717, 1.165) is 17.3 Å². The first-order valence-electron chi connectivity index (χ1n) is 7.33. The minimum Gasteiger partial charge on any atom is -0.488 e. The zero-order chi connectivity index (χ0) is 18.7. The number of thioether (sulfide) groups is 1. The lowest BCUT2D eigenvalue weighted by atomic mass is 10.1. The molecule has 0 radical (unpaired) electrons. The molecule has 1 amide bonds. The molecule has 6 nitrogen and oxygen atoms in total. The predicted octanol–water partition coefficient (Wildman–Crippen LogP) is 3.80. The van der Waals surface area contributed by atoms with E-state index in [4.69, 9.17) is 17.0 Å². The van der Waals surface area contributed by atoms with E-state index in [-0.39, 0.29) is 24.0 Å². The number of thiocarbonyl (C=S) groups is 1. The van der Waals surface area contributed by atoms with Crippen molar-refractivity contribution in [2.24, 2.45) is 0 Å². The number of rotatable bonds is 5. The summed E-state index contributed by atoms with van der Waals surface area (Å²) in [6.07, 6.45) is 1.49. The third-order valence-corrected chi connectivity index (χ3v) is 4.60. The van der Waals surface area contributed by atoms with Gasteiger partial charge >= 0.3 is 0 Å². The Kier molecular flexibility index (Phi) is 5.29. The lowest BCUT2D eigenvalue weighted by molar-refractivity contribution is -0.384. The number of halogens is 1. The van der Waals surface area contributed by atoms with Gasteiger partial charge in [-0.3, -0.25) is 14.9 Å². The molecule has 0 aromatic heterocycles. The van der Waals surface area contributed by atoms with Crippen molar-refractivity contribution >= 4 is 46.0 Å². The highest BCUT2D eigenvalue weighted by Crippen LogP contribution is 2.32. The summed E-state index contributed by atoms with van der Waals surface area (Å²) in [6.45, 7) is 0.145. The number of carbonyl (C=O) groups is 1. The Balaban J connectivity index is 1.90. The molecule has 0 atom stereocenters. The topological polar surface area (TPSA) is 81.5 Å². The number of nitro groups is 1. The van der Waals surface area contributed by atoms with Crippen LogP contribution in [0.25, 0.3) is 6.08 Å². The quantitative estimate of drug-likeness (QED) is 0.362. The third-order valence-electron chi connectivity index (χ3n) is 3.44. The smallest absolute Gasteiger partial charge is 0.270 e. The second kappa shape index (κ2) is 7.63. The van der Waals surface area contributed by atoms with Gasteiger partial charge in [-0.15, -0.1) is 0 Å². The molecule has 2 aromatic carbocycles. The SMILES string of the molecule is O=C1NC(=S)S/C1=C\c1cc([N+](=O)[O-])ccc1OCc1ccc(F)cc1. The molecule has 1 fully saturated rings. The van der Waals surface area contributed by atoms with E-state index in [1.807, 2.05) is 0 Å². The standard InChI is InChI=1S/C17H11FN2O4S2/c18-12-3-1-10(2-4-12)9-24-14-6-5-13(20(22)23)7-11(14)8-15-16(21)19-17(25)26-15/h1-8H,9H2,(H,19,21,25)/b15-8-. The van der Waals surface area contributed by atoms with E-state index >= 15 is 0 Å². The highest BCUT2D eigenvalue weighted by Gasteiger charge is 2.23. The highest BCUT2D eigenvalue weighted by molar-refractivity contribution is 8.26. The molecule has 2 aromatic rings. The fourth-order valence-corrected chi connectivity index (χ4v) is 3.23. The van der Waals surface area contributed by atoms with Crippen molar-refractivity contribution in [1.29, 1.82) is 0 Å². The molecule has 1 N–H and O–H groups in total. The summed E-state index contributed by atoms with van der Waals surface area (Å²) in [5.41, 5.74) is 0.984. The van der Waals surface area contributed by atoms with Crippen LogP contribution in [0, 0.1) is 15.9 Å². The molecule has 0 spiro atoms. The number of carbonyl (C=O) groups excluding carboxylic acids is 1. The average molecular weight is 390 g/mol. The van der Waals surface area contributed by atoms with E-state index in [2.05, 4.69) is 5.32 Å². The third kappa shape index (κ3) is 4.24. The lowest BCUT2D eigenvalue weighted by Crippen LogP contribution is -2.17. The molecule has 26 heavy (non-hydrogen) atoms. The molecule has 0 saturated carbocycles. The van der Waals surface area contributed by atoms with Gasteiger partial charge in [0.1, 0.15) is 22.5 Å². The van der Waals surface area contributed by atoms with Gasteiger partial charge < -0.3 is 10.1 Å². The van der Waals surface area contributed by atoms with Crippen LogP contribution in [0.2, 0.25) is 0 Å². The molecule has 0 bridgehead atoms. The number of nitro benzene ring substituents is 1. The Morgan fingerprint density at radius 2 is 2.00 bits per heavy atom. The summed E-state index contributed by atoms with van der Waals surface area (Å²) >= 11 is 6.01. The van der Waals surface area contributed by atoms with Crippen molar-refractivity contribution in [3.05, 3.63) is 74.4 Å². The van der Waals surface area contributed by atoms with Gasteiger partial charge in [0.05, 0.1) is 9.83 Å². The Labute approximate surface area is 157 Å². The summed E-state index contributed by atoms with van der Waals surface area (Å²) in [6, 6.07) is 9.89. The average Bonchev–Trinajstić information content (AvgIpc) is 2.92. The molecular formula is C17H11FN2O4S2. The maximum Gasteiger partial charge on any atom is 0.270 e. The second-order valence-electron chi connectivity index (χ2n) is 5.25. The zero-order valence-electron chi connectivity index (χ0n) is 13.1. The molecule has 0 aliphatic carbocycles. The van der Waals surface area contributed by atoms with Crippen LogP contribution in [0.3, 0.4) is 0 Å². The maximum absolute atomic E-state index is 13.0. The minimum absolute atomic E-state index is 0.128. The van der Waals surface area contributed by atoms with Gasteiger partial charge in [0.2, 0.25) is 0 Å². The van der Waals surface area contributed by atoms with Crippen LogP contribution < -0.4 is 10.1 Å². The number of hydrogen-bond acceptors (Lipinski definition) is 6. The fourth-order valence-electron chi connectivity index (χ4n) is 2.20. The monoisotopic (exact) mass is 390 g/mol. The summed E-state index contributed by atoms with van der Waals surface area (Å²) in [5.74, 6) is -0.357. The Bertz CT molecular complexity index is 929. The number of benzene rings is 2. The van der Waals surface area contributed by atoms with Gasteiger partial charge in [-0.2, -0.15) is 0 Å². The van der Waals surface area contributed by atoms with Crippen molar-refractivity contribution in [2.45, 2.75) is 6.61 Å². The van der Waals surface area contributed by atoms with Crippen LogP contribution in [0.1, 0.15) is 11.1 Å². The first-order chi connectivity index (χ1) is 12.4. The van der Waals surface area contributed by atoms with Gasteiger partial charge in [0.25, 0.3) is 11.6 Å². The Hall–Kier alpha value is -2.78. The van der Waals surface area contributed by atoms with Crippen LogP contribution in [0.15, 0.2) is 47.4 Å². The molecule has 1 saturated heterocycles. The van der Waals surface area contributed by atoms with Crippen LogP contribution in [0.4, 0.5) is 10.1 Å². The van der Waals surface area contributed by atoms with E-state index in [1.165, 1.54) is 36.4 Å². The van der Waals surface area contributed by atoms with Gasteiger partial charge in [0.15, 0.2) is 0 Å². The summed E-state index contributed by atoms with van der Waals surface area (Å²) < 4.78 is 19.0. The second-order valence-corrected chi connectivity index (χ2v) is 6.97. The lowest BCUT2D eigenvalue weighted by Gasteiger charge is -2.10. The van der Waals surface area contributed by atoms with Crippen LogP contribution in [-0.4, -0.2) is 15.2 Å². The number of nitrogens with one attached hydrogen (secondary N) is 1. The normalized spacial score (nSPS) is 15.2. The molecule has 1 heterocycles. The first kappa shape index (κ1) is 18.0. The summed E-state index contributed by atoms with van der Waals surface area (Å²) in [4.78, 5) is 22.7. The number of ether oxygens (including phenoxy) is 1. The largest absolute Gasteiger partial charge is 0.488 e. The van der Waals surface area contributed by atoms with E-state index in [9.17, 15) is 19.3 Å². The van der Waals surface area contributed by atoms with Crippen molar-refractivity contribution < 1.29 is 18.8 Å². The predicted molar refractivity (Wildman–Crippen MR) is 100 cm³/mol. The van der Waals surface area contributed by atoms with Crippen LogP contribution in [-0.2, 0) is 11.4 Å². The molecular weight excluding hydrogens is 379 g/mol. The van der Waals surface area contributed by atoms with Crippen LogP contribution >= 0.6 is 24.0 Å². The number of nitrogens with zero attached hydrogens (tertiary/aromatic N) is 1. The fraction of sp³-hybridized carbons (Fsp3) is 0.0588. The highest BCUT2D eigenvalue weighted by atomic mass is 32.2. The molecule has 1 aliphatic rings. The molecule has 9 heteroatoms. The van der Waals surface area contributed by atoms with Gasteiger partial charge in [-0.1, -0.05) is 36.1 Å². The summed E-state index contributed by atoms with van der Waals surface area (Å²) in [7, 11) is 0. The number of non-ortho nitro benzene ring substituents is 1. The minimum atomic E-state index is -0.530. The number of amides is 1. The van der Waals surface area contributed by atoms with E-state index in [0.29, 0.717) is 20.5 Å². The van der Waals surface area contributed by atoms with Gasteiger partial charge in [0, 0.05) is 17.7 Å². The Morgan fingerprint density at radius 1 is 1.27 bits per heavy atom. The zero-order valence-corrected chi connectivity index (χ0v) is 14.7. The summed E-state index contributed by atoms with van der Waals surface area (Å²) in [5, 5.41) is 13.5. The van der Waals surface area contributed by atoms with Gasteiger partial charge in [-0.25, -0.2) is 4.39 Å². The Morgan fingerprint density at radius 3 is 2.62 bits per heavy atom. The van der Waals surface area contributed by atoms with Gasteiger partial charge in [-0.05, 0) is 29.8 Å².